The number of aromatic carboxylic acids is 1. The van der Waals surface area contributed by atoms with E-state index >= 15 is 0 Å². The van der Waals surface area contributed by atoms with Gasteiger partial charge in [0, 0.05) is 5.69 Å². The Morgan fingerprint density at radius 3 is 2.63 bits per heavy atom. The summed E-state index contributed by atoms with van der Waals surface area (Å²) < 4.78 is 5.37. The first-order valence-electron chi connectivity index (χ1n) is 8.31. The Labute approximate surface area is 160 Å². The van der Waals surface area contributed by atoms with Crippen molar-refractivity contribution in [2.24, 2.45) is 0 Å². The molecule has 2 N–H and O–H groups in total. The Morgan fingerprint density at radius 2 is 1.96 bits per heavy atom. The lowest BCUT2D eigenvalue weighted by Crippen LogP contribution is -2.33. The molecular weight excluding hydrogens is 368 g/mol. The van der Waals surface area contributed by atoms with E-state index in [4.69, 9.17) is 9.84 Å². The number of rotatable bonds is 7. The Bertz CT molecular complexity index is 869. The van der Waals surface area contributed by atoms with Crippen LogP contribution in [0.2, 0.25) is 0 Å². The molecule has 0 aliphatic carbocycles. The van der Waals surface area contributed by atoms with Gasteiger partial charge in [-0.15, -0.1) is 0 Å². The summed E-state index contributed by atoms with van der Waals surface area (Å²) in [6, 6.07) is 13.3. The van der Waals surface area contributed by atoms with Gasteiger partial charge < -0.3 is 15.2 Å². The van der Waals surface area contributed by atoms with Gasteiger partial charge in [-0.2, -0.15) is 0 Å². The monoisotopic (exact) mass is 386 g/mol. The SMILES string of the molecule is CCOc1ccc(N[C@H]2SC(=O)N(Cc3cccc(C(=O)O)c3)C2=O)cc1. The molecule has 0 radical (unpaired) electrons. The number of ether oxygens (including phenoxy) is 1. The van der Waals surface area contributed by atoms with Gasteiger partial charge in [0.2, 0.25) is 0 Å². The molecule has 2 amide bonds. The molecule has 0 saturated carbocycles. The van der Waals surface area contributed by atoms with Crippen LogP contribution in [0.3, 0.4) is 0 Å². The predicted octanol–water partition coefficient (Wildman–Crippen LogP) is 3.42. The third-order valence-corrected chi connectivity index (χ3v) is 4.88. The van der Waals surface area contributed by atoms with Crippen LogP contribution in [0.4, 0.5) is 10.5 Å². The van der Waals surface area contributed by atoms with E-state index in [9.17, 15) is 14.4 Å². The number of carboxylic acid groups (broad SMARTS) is 1. The highest BCUT2D eigenvalue weighted by molar-refractivity contribution is 8.15. The molecule has 0 unspecified atom stereocenters. The van der Waals surface area contributed by atoms with Crippen molar-refractivity contribution < 1.29 is 24.2 Å². The number of amides is 2. The van der Waals surface area contributed by atoms with E-state index in [2.05, 4.69) is 5.32 Å². The molecule has 1 aliphatic rings. The van der Waals surface area contributed by atoms with Crippen molar-refractivity contribution in [3.05, 3.63) is 59.7 Å². The second-order valence-corrected chi connectivity index (χ2v) is 6.85. The number of nitrogens with one attached hydrogen (secondary N) is 1. The normalized spacial score (nSPS) is 16.5. The van der Waals surface area contributed by atoms with E-state index < -0.39 is 11.3 Å². The van der Waals surface area contributed by atoms with Crippen molar-refractivity contribution >= 4 is 34.6 Å². The quantitative estimate of drug-likeness (QED) is 0.753. The lowest BCUT2D eigenvalue weighted by atomic mass is 10.1. The van der Waals surface area contributed by atoms with Gasteiger partial charge in [-0.3, -0.25) is 14.5 Å². The summed E-state index contributed by atoms with van der Waals surface area (Å²) >= 11 is 0.900. The number of nitrogens with zero attached hydrogens (tertiary/aromatic N) is 1. The zero-order valence-corrected chi connectivity index (χ0v) is 15.4. The molecule has 1 fully saturated rings. The molecule has 0 spiro atoms. The standard InChI is InChI=1S/C19H18N2O5S/c1-2-26-15-8-6-14(7-9-15)20-16-17(22)21(19(25)27-16)11-12-4-3-5-13(10-12)18(23)24/h3-10,16,20H,2,11H2,1H3,(H,23,24)/t16-/m0/s1. The number of hydrogen-bond donors (Lipinski definition) is 2. The van der Waals surface area contributed by atoms with Crippen molar-refractivity contribution in [2.45, 2.75) is 18.8 Å². The first kappa shape index (κ1) is 18.8. The summed E-state index contributed by atoms with van der Waals surface area (Å²) in [6.07, 6.45) is 0. The Hall–Kier alpha value is -3.00. The number of carbonyl (C=O) groups is 3. The molecule has 1 saturated heterocycles. The third kappa shape index (κ3) is 4.40. The maximum absolute atomic E-state index is 12.6. The number of thioether (sulfide) groups is 1. The van der Waals surface area contributed by atoms with E-state index in [1.165, 1.54) is 12.1 Å². The average Bonchev–Trinajstić information content (AvgIpc) is 2.91. The number of hydrogen-bond acceptors (Lipinski definition) is 6. The fraction of sp³-hybridized carbons (Fsp3) is 0.211. The van der Waals surface area contributed by atoms with Crippen molar-refractivity contribution in [3.8, 4) is 5.75 Å². The molecular formula is C19H18N2O5S. The fourth-order valence-electron chi connectivity index (χ4n) is 2.63. The minimum absolute atomic E-state index is 0.0350. The lowest BCUT2D eigenvalue weighted by Gasteiger charge is -2.15. The second-order valence-electron chi connectivity index (χ2n) is 5.80. The van der Waals surface area contributed by atoms with Crippen molar-refractivity contribution in [3.63, 3.8) is 0 Å². The molecule has 140 valence electrons. The van der Waals surface area contributed by atoms with Gasteiger partial charge in [0.1, 0.15) is 5.75 Å². The summed E-state index contributed by atoms with van der Waals surface area (Å²) in [5.41, 5.74) is 1.40. The van der Waals surface area contributed by atoms with Crippen LogP contribution in [0.25, 0.3) is 0 Å². The summed E-state index contributed by atoms with van der Waals surface area (Å²) in [6.45, 7) is 2.50. The van der Waals surface area contributed by atoms with Crippen LogP contribution in [-0.2, 0) is 11.3 Å². The van der Waals surface area contributed by atoms with Crippen LogP contribution in [0.5, 0.6) is 5.75 Å². The number of benzene rings is 2. The largest absolute Gasteiger partial charge is 0.494 e. The number of anilines is 1. The summed E-state index contributed by atoms with van der Waals surface area (Å²) in [5.74, 6) is -0.690. The first-order chi connectivity index (χ1) is 13.0. The predicted molar refractivity (Wildman–Crippen MR) is 102 cm³/mol. The van der Waals surface area contributed by atoms with Crippen LogP contribution in [0, 0.1) is 0 Å². The molecule has 0 aromatic heterocycles. The van der Waals surface area contributed by atoms with Gasteiger partial charge in [-0.25, -0.2) is 4.79 Å². The number of carboxylic acids is 1. The molecule has 1 atom stereocenters. The molecule has 0 bridgehead atoms. The molecule has 3 rings (SSSR count). The fourth-order valence-corrected chi connectivity index (χ4v) is 3.54. The number of imide groups is 1. The van der Waals surface area contributed by atoms with Crippen molar-refractivity contribution in [1.82, 2.24) is 4.90 Å². The lowest BCUT2D eigenvalue weighted by molar-refractivity contribution is -0.126. The topological polar surface area (TPSA) is 95.9 Å². The number of carbonyl (C=O) groups excluding carboxylic acids is 2. The highest BCUT2D eigenvalue weighted by Crippen LogP contribution is 2.30. The van der Waals surface area contributed by atoms with E-state index in [1.54, 1.807) is 36.4 Å². The molecule has 2 aromatic rings. The minimum atomic E-state index is -1.06. The van der Waals surface area contributed by atoms with E-state index in [-0.39, 0.29) is 23.3 Å². The van der Waals surface area contributed by atoms with E-state index in [1.807, 2.05) is 6.92 Å². The van der Waals surface area contributed by atoms with Crippen molar-refractivity contribution in [2.75, 3.05) is 11.9 Å². The van der Waals surface area contributed by atoms with Crippen LogP contribution in [0.15, 0.2) is 48.5 Å². The van der Waals surface area contributed by atoms with Crippen molar-refractivity contribution in [1.29, 1.82) is 0 Å². The second kappa shape index (κ2) is 8.13. The Kier molecular flexibility index (Phi) is 5.66. The average molecular weight is 386 g/mol. The Morgan fingerprint density at radius 1 is 1.22 bits per heavy atom. The van der Waals surface area contributed by atoms with Crippen LogP contribution >= 0.6 is 11.8 Å². The molecule has 1 heterocycles. The third-order valence-electron chi connectivity index (χ3n) is 3.91. The highest BCUT2D eigenvalue weighted by Gasteiger charge is 2.39. The zero-order valence-electron chi connectivity index (χ0n) is 14.5. The van der Waals surface area contributed by atoms with Gasteiger partial charge in [-0.1, -0.05) is 12.1 Å². The molecule has 1 aliphatic heterocycles. The summed E-state index contributed by atoms with van der Waals surface area (Å²) in [4.78, 5) is 37.0. The highest BCUT2D eigenvalue weighted by atomic mass is 32.2. The molecule has 27 heavy (non-hydrogen) atoms. The minimum Gasteiger partial charge on any atom is -0.494 e. The summed E-state index contributed by atoms with van der Waals surface area (Å²) in [5, 5.41) is 11.0. The van der Waals surface area contributed by atoms with Gasteiger partial charge in [-0.05, 0) is 60.6 Å². The van der Waals surface area contributed by atoms with E-state index in [0.717, 1.165) is 22.4 Å². The van der Waals surface area contributed by atoms with Crippen LogP contribution < -0.4 is 10.1 Å². The molecule has 7 nitrogen and oxygen atoms in total. The first-order valence-corrected chi connectivity index (χ1v) is 9.19. The van der Waals surface area contributed by atoms with Crippen LogP contribution in [-0.4, -0.2) is 39.1 Å². The zero-order chi connectivity index (χ0) is 19.4. The van der Waals surface area contributed by atoms with Crippen LogP contribution in [0.1, 0.15) is 22.8 Å². The van der Waals surface area contributed by atoms with Gasteiger partial charge in [0.05, 0.1) is 18.7 Å². The molecule has 2 aromatic carbocycles. The van der Waals surface area contributed by atoms with E-state index in [0.29, 0.717) is 17.9 Å². The van der Waals surface area contributed by atoms with Gasteiger partial charge in [0.25, 0.3) is 11.1 Å². The van der Waals surface area contributed by atoms with Gasteiger partial charge >= 0.3 is 5.97 Å². The van der Waals surface area contributed by atoms with Gasteiger partial charge in [0.15, 0.2) is 5.37 Å². The smallest absolute Gasteiger partial charge is 0.335 e. The molecule has 8 heteroatoms. The Balaban J connectivity index is 1.67. The maximum atomic E-state index is 12.6. The maximum Gasteiger partial charge on any atom is 0.335 e. The summed E-state index contributed by atoms with van der Waals surface area (Å²) in [7, 11) is 0.